The van der Waals surface area contributed by atoms with Crippen LogP contribution >= 0.6 is 23.2 Å². The van der Waals surface area contributed by atoms with Crippen molar-refractivity contribution in [2.24, 2.45) is 5.92 Å². The zero-order valence-electron chi connectivity index (χ0n) is 15.3. The molecule has 0 radical (unpaired) electrons. The average molecular weight is 401 g/mol. The summed E-state index contributed by atoms with van der Waals surface area (Å²) in [5.41, 5.74) is 0. The standard InChI is InChI=1S/C19H26Cl2N2O3/c1-3-4-9-22(2)19(25)14-7-10-23(11-8-14)18(24)13-26-15-5-6-16(20)17(21)12-15/h5-6,12,14H,3-4,7-11,13H2,1-2H3. The molecule has 0 spiro atoms. The molecule has 1 aromatic carbocycles. The maximum Gasteiger partial charge on any atom is 0.260 e. The van der Waals surface area contributed by atoms with Gasteiger partial charge in [-0.2, -0.15) is 0 Å². The van der Waals surface area contributed by atoms with Crippen molar-refractivity contribution < 1.29 is 14.3 Å². The largest absolute Gasteiger partial charge is 0.484 e. The van der Waals surface area contributed by atoms with Gasteiger partial charge in [-0.3, -0.25) is 9.59 Å². The molecule has 0 aliphatic carbocycles. The van der Waals surface area contributed by atoms with Gasteiger partial charge in [0.2, 0.25) is 5.91 Å². The quantitative estimate of drug-likeness (QED) is 0.697. The fraction of sp³-hybridized carbons (Fsp3) is 0.579. The number of likely N-dealkylation sites (tertiary alicyclic amines) is 1. The van der Waals surface area contributed by atoms with Crippen LogP contribution in [0.4, 0.5) is 0 Å². The predicted octanol–water partition coefficient (Wildman–Crippen LogP) is 3.87. The van der Waals surface area contributed by atoms with E-state index in [-0.39, 0.29) is 24.3 Å². The van der Waals surface area contributed by atoms with E-state index in [4.69, 9.17) is 27.9 Å². The lowest BCUT2D eigenvalue weighted by Gasteiger charge is -2.33. The van der Waals surface area contributed by atoms with E-state index in [9.17, 15) is 9.59 Å². The first-order valence-corrected chi connectivity index (χ1v) is 9.78. The van der Waals surface area contributed by atoms with E-state index in [0.717, 1.165) is 19.4 Å². The molecular weight excluding hydrogens is 375 g/mol. The first-order chi connectivity index (χ1) is 12.4. The molecule has 5 nitrogen and oxygen atoms in total. The van der Waals surface area contributed by atoms with Gasteiger partial charge in [0, 0.05) is 38.7 Å². The molecule has 26 heavy (non-hydrogen) atoms. The maximum absolute atomic E-state index is 12.4. The number of nitrogens with zero attached hydrogens (tertiary/aromatic N) is 2. The van der Waals surface area contributed by atoms with Gasteiger partial charge in [-0.25, -0.2) is 0 Å². The van der Waals surface area contributed by atoms with Crippen LogP contribution < -0.4 is 4.74 Å². The van der Waals surface area contributed by atoms with Crippen LogP contribution in [0.2, 0.25) is 10.0 Å². The number of halogens is 2. The highest BCUT2D eigenvalue weighted by atomic mass is 35.5. The number of benzene rings is 1. The molecule has 7 heteroatoms. The van der Waals surface area contributed by atoms with Gasteiger partial charge in [-0.05, 0) is 31.4 Å². The van der Waals surface area contributed by atoms with Gasteiger partial charge in [0.25, 0.3) is 5.91 Å². The topological polar surface area (TPSA) is 49.9 Å². The Hall–Kier alpha value is -1.46. The van der Waals surface area contributed by atoms with Gasteiger partial charge >= 0.3 is 0 Å². The lowest BCUT2D eigenvalue weighted by molar-refractivity contribution is -0.140. The van der Waals surface area contributed by atoms with Gasteiger partial charge < -0.3 is 14.5 Å². The molecule has 2 rings (SSSR count). The highest BCUT2D eigenvalue weighted by Crippen LogP contribution is 2.26. The first kappa shape index (κ1) is 20.8. The fourth-order valence-corrected chi connectivity index (χ4v) is 3.28. The van der Waals surface area contributed by atoms with Crippen LogP contribution in [0.3, 0.4) is 0 Å². The van der Waals surface area contributed by atoms with Gasteiger partial charge in [0.15, 0.2) is 6.61 Å². The third-order valence-electron chi connectivity index (χ3n) is 4.67. The Balaban J connectivity index is 1.77. The van der Waals surface area contributed by atoms with E-state index in [1.54, 1.807) is 23.1 Å². The van der Waals surface area contributed by atoms with Gasteiger partial charge in [0.05, 0.1) is 10.0 Å². The van der Waals surface area contributed by atoms with E-state index in [1.165, 1.54) is 0 Å². The molecule has 1 fully saturated rings. The van der Waals surface area contributed by atoms with Crippen molar-refractivity contribution in [2.45, 2.75) is 32.6 Å². The Bertz CT molecular complexity index is 631. The second-order valence-corrected chi connectivity index (χ2v) is 7.45. The number of carbonyl (C=O) groups excluding carboxylic acids is 2. The maximum atomic E-state index is 12.4. The summed E-state index contributed by atoms with van der Waals surface area (Å²) in [6, 6.07) is 4.91. The molecule has 0 N–H and O–H groups in total. The van der Waals surface area contributed by atoms with Gasteiger partial charge in [-0.1, -0.05) is 36.5 Å². The number of unbranched alkanes of at least 4 members (excludes halogenated alkanes) is 1. The SMILES string of the molecule is CCCCN(C)C(=O)C1CCN(C(=O)COc2ccc(Cl)c(Cl)c2)CC1. The summed E-state index contributed by atoms with van der Waals surface area (Å²) < 4.78 is 5.50. The zero-order chi connectivity index (χ0) is 19.1. The average Bonchev–Trinajstić information content (AvgIpc) is 2.66. The predicted molar refractivity (Wildman–Crippen MR) is 104 cm³/mol. The Morgan fingerprint density at radius 3 is 2.54 bits per heavy atom. The molecule has 1 aliphatic heterocycles. The molecule has 2 amide bonds. The second kappa shape index (κ2) is 10.0. The Morgan fingerprint density at radius 2 is 1.92 bits per heavy atom. The summed E-state index contributed by atoms with van der Waals surface area (Å²) in [5.74, 6) is 0.631. The number of hydrogen-bond donors (Lipinski definition) is 0. The third-order valence-corrected chi connectivity index (χ3v) is 5.41. The number of rotatable bonds is 7. The minimum atomic E-state index is -0.0821. The summed E-state index contributed by atoms with van der Waals surface area (Å²) in [6.45, 7) is 4.03. The lowest BCUT2D eigenvalue weighted by Crippen LogP contribution is -2.45. The molecule has 144 valence electrons. The fourth-order valence-electron chi connectivity index (χ4n) is 3.00. The van der Waals surface area contributed by atoms with Crippen LogP contribution in [0.1, 0.15) is 32.6 Å². The summed E-state index contributed by atoms with van der Waals surface area (Å²) in [6.07, 6.45) is 3.50. The molecule has 0 aromatic heterocycles. The minimum absolute atomic E-state index is 0.0110. The van der Waals surface area contributed by atoms with Crippen LogP contribution in [0.5, 0.6) is 5.75 Å². The van der Waals surface area contributed by atoms with E-state index in [1.807, 2.05) is 11.9 Å². The highest BCUT2D eigenvalue weighted by molar-refractivity contribution is 6.42. The molecule has 0 bridgehead atoms. The molecular formula is C19H26Cl2N2O3. The van der Waals surface area contributed by atoms with Crippen molar-refractivity contribution in [3.63, 3.8) is 0 Å². The molecule has 1 saturated heterocycles. The molecule has 0 saturated carbocycles. The molecule has 1 aliphatic rings. The smallest absolute Gasteiger partial charge is 0.260 e. The Kier molecular flexibility index (Phi) is 8.04. The number of piperidine rings is 1. The minimum Gasteiger partial charge on any atom is -0.484 e. The van der Waals surface area contributed by atoms with E-state index in [0.29, 0.717) is 41.7 Å². The summed E-state index contributed by atoms with van der Waals surface area (Å²) in [5, 5.41) is 0.837. The van der Waals surface area contributed by atoms with Gasteiger partial charge in [-0.15, -0.1) is 0 Å². The molecule has 1 aromatic rings. The van der Waals surface area contributed by atoms with Crippen LogP contribution in [-0.2, 0) is 9.59 Å². The van der Waals surface area contributed by atoms with E-state index < -0.39 is 0 Å². The van der Waals surface area contributed by atoms with E-state index >= 15 is 0 Å². The number of amides is 2. The summed E-state index contributed by atoms with van der Waals surface area (Å²) >= 11 is 11.8. The normalized spacial score (nSPS) is 15.0. The van der Waals surface area contributed by atoms with Crippen molar-refractivity contribution in [2.75, 3.05) is 33.3 Å². The van der Waals surface area contributed by atoms with Crippen LogP contribution in [0.25, 0.3) is 0 Å². The van der Waals surface area contributed by atoms with Crippen molar-refractivity contribution in [1.82, 2.24) is 9.80 Å². The Labute approximate surface area is 165 Å². The lowest BCUT2D eigenvalue weighted by atomic mass is 9.95. The van der Waals surface area contributed by atoms with Crippen LogP contribution in [0.15, 0.2) is 18.2 Å². The third kappa shape index (κ3) is 5.78. The zero-order valence-corrected chi connectivity index (χ0v) is 16.9. The molecule has 0 unspecified atom stereocenters. The summed E-state index contributed by atoms with van der Waals surface area (Å²) in [4.78, 5) is 28.3. The monoisotopic (exact) mass is 400 g/mol. The Morgan fingerprint density at radius 1 is 1.23 bits per heavy atom. The number of hydrogen-bond acceptors (Lipinski definition) is 3. The number of ether oxygens (including phenoxy) is 1. The molecule has 1 heterocycles. The molecule has 0 atom stereocenters. The highest BCUT2D eigenvalue weighted by Gasteiger charge is 2.29. The van der Waals surface area contributed by atoms with Gasteiger partial charge in [0.1, 0.15) is 5.75 Å². The van der Waals surface area contributed by atoms with Crippen molar-refractivity contribution >= 4 is 35.0 Å². The summed E-state index contributed by atoms with van der Waals surface area (Å²) in [7, 11) is 1.86. The number of carbonyl (C=O) groups is 2. The van der Waals surface area contributed by atoms with E-state index in [2.05, 4.69) is 6.92 Å². The van der Waals surface area contributed by atoms with Crippen molar-refractivity contribution in [3.8, 4) is 5.75 Å². The van der Waals surface area contributed by atoms with Crippen LogP contribution in [0, 0.1) is 5.92 Å². The van der Waals surface area contributed by atoms with Crippen molar-refractivity contribution in [3.05, 3.63) is 28.2 Å². The second-order valence-electron chi connectivity index (χ2n) is 6.63. The van der Waals surface area contributed by atoms with Crippen molar-refractivity contribution in [1.29, 1.82) is 0 Å². The first-order valence-electron chi connectivity index (χ1n) is 9.03. The van der Waals surface area contributed by atoms with Crippen LogP contribution in [-0.4, -0.2) is 54.9 Å².